The van der Waals surface area contributed by atoms with Gasteiger partial charge in [-0.2, -0.15) is 0 Å². The van der Waals surface area contributed by atoms with Crippen molar-refractivity contribution < 1.29 is 9.90 Å². The molecule has 106 valence electrons. The predicted octanol–water partition coefficient (Wildman–Crippen LogP) is 3.29. The summed E-state index contributed by atoms with van der Waals surface area (Å²) in [6.45, 7) is 6.04. The number of hydrogen-bond acceptors (Lipinski definition) is 2. The molecule has 1 unspecified atom stereocenters. The van der Waals surface area contributed by atoms with E-state index in [4.69, 9.17) is 5.11 Å². The second-order valence-corrected chi connectivity index (χ2v) is 5.73. The molecule has 0 heterocycles. The largest absolute Gasteiger partial charge is 0.396 e. The first-order chi connectivity index (χ1) is 8.95. The summed E-state index contributed by atoms with van der Waals surface area (Å²) in [5.41, 5.74) is 1.76. The summed E-state index contributed by atoms with van der Waals surface area (Å²) >= 11 is 3.43. The number of nitrogens with one attached hydrogen (secondary N) is 2. The normalized spacial score (nSPS) is 12.3. The summed E-state index contributed by atoms with van der Waals surface area (Å²) in [5.74, 6) is 0.279. The zero-order valence-electron chi connectivity index (χ0n) is 11.5. The van der Waals surface area contributed by atoms with Gasteiger partial charge >= 0.3 is 6.03 Å². The molecule has 5 heteroatoms. The van der Waals surface area contributed by atoms with Crippen LogP contribution in [0.3, 0.4) is 0 Å². The van der Waals surface area contributed by atoms with E-state index in [1.807, 2.05) is 39.0 Å². The molecular formula is C14H21BrN2O2. The minimum Gasteiger partial charge on any atom is -0.396 e. The average molecular weight is 329 g/mol. The van der Waals surface area contributed by atoms with E-state index < -0.39 is 0 Å². The van der Waals surface area contributed by atoms with Gasteiger partial charge in [0.2, 0.25) is 0 Å². The maximum absolute atomic E-state index is 11.9. The first-order valence-corrected chi connectivity index (χ1v) is 7.18. The number of carbonyl (C=O) groups excluding carboxylic acids is 1. The van der Waals surface area contributed by atoms with Crippen LogP contribution in [-0.2, 0) is 0 Å². The van der Waals surface area contributed by atoms with E-state index >= 15 is 0 Å². The van der Waals surface area contributed by atoms with Crippen LogP contribution in [-0.4, -0.2) is 23.8 Å². The quantitative estimate of drug-likeness (QED) is 0.776. The zero-order chi connectivity index (χ0) is 14.4. The van der Waals surface area contributed by atoms with Gasteiger partial charge in [0, 0.05) is 22.8 Å². The fourth-order valence-corrected chi connectivity index (χ4v) is 2.15. The van der Waals surface area contributed by atoms with Crippen LogP contribution in [0.25, 0.3) is 0 Å². The van der Waals surface area contributed by atoms with E-state index in [0.717, 1.165) is 15.7 Å². The van der Waals surface area contributed by atoms with Crippen LogP contribution in [0.2, 0.25) is 0 Å². The van der Waals surface area contributed by atoms with Crippen molar-refractivity contribution >= 4 is 27.6 Å². The maximum Gasteiger partial charge on any atom is 0.319 e. The Labute approximate surface area is 122 Å². The molecule has 4 nitrogen and oxygen atoms in total. The molecule has 1 rings (SSSR count). The molecule has 0 aliphatic rings. The number of rotatable bonds is 5. The molecule has 0 radical (unpaired) electrons. The van der Waals surface area contributed by atoms with E-state index in [-0.39, 0.29) is 24.6 Å². The molecular weight excluding hydrogens is 308 g/mol. The molecule has 0 saturated carbocycles. The third-order valence-electron chi connectivity index (χ3n) is 3.08. The van der Waals surface area contributed by atoms with Crippen molar-refractivity contribution in [1.29, 1.82) is 0 Å². The van der Waals surface area contributed by atoms with E-state index in [1.165, 1.54) is 0 Å². The van der Waals surface area contributed by atoms with Gasteiger partial charge in [-0.15, -0.1) is 0 Å². The summed E-state index contributed by atoms with van der Waals surface area (Å²) in [6.07, 6.45) is 0.558. The Balaban J connectivity index is 2.66. The third kappa shape index (κ3) is 4.84. The SMILES string of the molecule is Cc1c(Br)cccc1NC(=O)NC(CCO)C(C)C. The van der Waals surface area contributed by atoms with Gasteiger partial charge in [0.05, 0.1) is 0 Å². The number of benzene rings is 1. The van der Waals surface area contributed by atoms with Gasteiger partial charge in [0.1, 0.15) is 0 Å². The molecule has 3 N–H and O–H groups in total. The number of halogens is 1. The fourth-order valence-electron chi connectivity index (χ4n) is 1.78. The van der Waals surface area contributed by atoms with E-state index in [1.54, 1.807) is 0 Å². The lowest BCUT2D eigenvalue weighted by Gasteiger charge is -2.22. The maximum atomic E-state index is 11.9. The minimum absolute atomic E-state index is 0.0301. The topological polar surface area (TPSA) is 61.4 Å². The van der Waals surface area contributed by atoms with Gasteiger partial charge in [0.25, 0.3) is 0 Å². The van der Waals surface area contributed by atoms with Crippen molar-refractivity contribution in [2.75, 3.05) is 11.9 Å². The molecule has 0 fully saturated rings. The monoisotopic (exact) mass is 328 g/mol. The summed E-state index contributed by atoms with van der Waals surface area (Å²) < 4.78 is 0.959. The van der Waals surface area contributed by atoms with Gasteiger partial charge in [-0.05, 0) is 37.0 Å². The van der Waals surface area contributed by atoms with Gasteiger partial charge < -0.3 is 15.7 Å². The van der Waals surface area contributed by atoms with Crippen LogP contribution in [0.15, 0.2) is 22.7 Å². The second-order valence-electron chi connectivity index (χ2n) is 4.87. The van der Waals surface area contributed by atoms with Gasteiger partial charge in [-0.1, -0.05) is 35.8 Å². The fraction of sp³-hybridized carbons (Fsp3) is 0.500. The van der Waals surface area contributed by atoms with Crippen molar-refractivity contribution in [2.45, 2.75) is 33.2 Å². The second kappa shape index (κ2) is 7.50. The van der Waals surface area contributed by atoms with Crippen LogP contribution in [0.4, 0.5) is 10.5 Å². The number of anilines is 1. The minimum atomic E-state index is -0.242. The summed E-state index contributed by atoms with van der Waals surface area (Å²) in [7, 11) is 0. The predicted molar refractivity (Wildman–Crippen MR) is 81.4 cm³/mol. The highest BCUT2D eigenvalue weighted by molar-refractivity contribution is 9.10. The molecule has 19 heavy (non-hydrogen) atoms. The Bertz CT molecular complexity index is 435. The number of hydrogen-bond donors (Lipinski definition) is 3. The van der Waals surface area contributed by atoms with Crippen LogP contribution in [0, 0.1) is 12.8 Å². The smallest absolute Gasteiger partial charge is 0.319 e. The van der Waals surface area contributed by atoms with Crippen LogP contribution in [0.1, 0.15) is 25.8 Å². The molecule has 0 aromatic heterocycles. The zero-order valence-corrected chi connectivity index (χ0v) is 13.1. The summed E-state index contributed by atoms with van der Waals surface area (Å²) in [5, 5.41) is 14.7. The van der Waals surface area contributed by atoms with Gasteiger partial charge in [-0.25, -0.2) is 4.79 Å². The molecule has 1 aromatic rings. The van der Waals surface area contributed by atoms with Gasteiger partial charge in [-0.3, -0.25) is 0 Å². The molecule has 0 saturated heterocycles. The molecule has 1 atom stereocenters. The number of aliphatic hydroxyl groups excluding tert-OH is 1. The Morgan fingerprint density at radius 3 is 2.68 bits per heavy atom. The number of carbonyl (C=O) groups is 1. The van der Waals surface area contributed by atoms with E-state index in [9.17, 15) is 4.79 Å². The van der Waals surface area contributed by atoms with Crippen molar-refractivity contribution in [3.8, 4) is 0 Å². The van der Waals surface area contributed by atoms with E-state index in [0.29, 0.717) is 6.42 Å². The molecule has 0 spiro atoms. The Kier molecular flexibility index (Phi) is 6.31. The molecule has 0 aliphatic carbocycles. The lowest BCUT2D eigenvalue weighted by atomic mass is 10.0. The van der Waals surface area contributed by atoms with Crippen LogP contribution in [0.5, 0.6) is 0 Å². The molecule has 1 aromatic carbocycles. The van der Waals surface area contributed by atoms with Crippen molar-refractivity contribution in [3.05, 3.63) is 28.2 Å². The highest BCUT2D eigenvalue weighted by atomic mass is 79.9. The van der Waals surface area contributed by atoms with Crippen molar-refractivity contribution in [1.82, 2.24) is 5.32 Å². The number of urea groups is 1. The Morgan fingerprint density at radius 1 is 1.42 bits per heavy atom. The Morgan fingerprint density at radius 2 is 2.11 bits per heavy atom. The molecule has 2 amide bonds. The van der Waals surface area contributed by atoms with E-state index in [2.05, 4.69) is 26.6 Å². The average Bonchev–Trinajstić information content (AvgIpc) is 2.34. The number of amides is 2. The standard InChI is InChI=1S/C14H21BrN2O2/c1-9(2)12(7-8-18)16-14(19)17-13-6-4-5-11(15)10(13)3/h4-6,9,12,18H,7-8H2,1-3H3,(H2,16,17,19). The van der Waals surface area contributed by atoms with Crippen LogP contribution >= 0.6 is 15.9 Å². The van der Waals surface area contributed by atoms with Crippen LogP contribution < -0.4 is 10.6 Å². The summed E-state index contributed by atoms with van der Waals surface area (Å²) in [4.78, 5) is 11.9. The van der Waals surface area contributed by atoms with Gasteiger partial charge in [0.15, 0.2) is 0 Å². The Hall–Kier alpha value is -1.07. The van der Waals surface area contributed by atoms with Crippen molar-refractivity contribution in [3.63, 3.8) is 0 Å². The summed E-state index contributed by atoms with van der Waals surface area (Å²) in [6, 6.07) is 5.39. The first-order valence-electron chi connectivity index (χ1n) is 6.39. The molecule has 0 aliphatic heterocycles. The lowest BCUT2D eigenvalue weighted by molar-refractivity contribution is 0.227. The van der Waals surface area contributed by atoms with Crippen molar-refractivity contribution in [2.24, 2.45) is 5.92 Å². The third-order valence-corrected chi connectivity index (χ3v) is 3.94. The highest BCUT2D eigenvalue weighted by Crippen LogP contribution is 2.23. The lowest BCUT2D eigenvalue weighted by Crippen LogP contribution is -2.41. The number of aliphatic hydroxyl groups is 1. The molecule has 0 bridgehead atoms. The first kappa shape index (κ1) is 16.0. The highest BCUT2D eigenvalue weighted by Gasteiger charge is 2.16.